The highest BCUT2D eigenvalue weighted by Crippen LogP contribution is 2.27. The Morgan fingerprint density at radius 2 is 1.74 bits per heavy atom. The molecule has 2 aromatic rings. The van der Waals surface area contributed by atoms with E-state index in [1.54, 1.807) is 0 Å². The van der Waals surface area contributed by atoms with E-state index in [0.717, 1.165) is 11.0 Å². The summed E-state index contributed by atoms with van der Waals surface area (Å²) in [6.45, 7) is 7.47. The molecule has 100 valence electrons. The molecule has 2 aromatic carbocycles. The highest BCUT2D eigenvalue weighted by molar-refractivity contribution is 9.10. The van der Waals surface area contributed by atoms with Crippen molar-refractivity contribution in [1.29, 1.82) is 0 Å². The molecule has 0 radical (unpaired) electrons. The van der Waals surface area contributed by atoms with Gasteiger partial charge in [0.25, 0.3) is 0 Å². The minimum Gasteiger partial charge on any atom is -0.307 e. The molecule has 0 aliphatic rings. The molecular formula is C17H20BrN. The van der Waals surface area contributed by atoms with E-state index in [2.05, 4.69) is 84.5 Å². The van der Waals surface area contributed by atoms with Crippen LogP contribution >= 0.6 is 15.9 Å². The van der Waals surface area contributed by atoms with E-state index in [0.29, 0.717) is 0 Å². The molecule has 0 heterocycles. The summed E-state index contributed by atoms with van der Waals surface area (Å²) in [5, 5.41) is 3.59. The van der Waals surface area contributed by atoms with Crippen LogP contribution in [0.2, 0.25) is 0 Å². The molecule has 0 spiro atoms. The molecule has 0 aliphatic heterocycles. The van der Waals surface area contributed by atoms with Crippen molar-refractivity contribution >= 4 is 15.9 Å². The summed E-state index contributed by atoms with van der Waals surface area (Å²) in [6.07, 6.45) is 0. The van der Waals surface area contributed by atoms with Gasteiger partial charge in [-0.1, -0.05) is 53.2 Å². The average molecular weight is 318 g/mol. The third-order valence-corrected chi connectivity index (χ3v) is 4.10. The smallest absolute Gasteiger partial charge is 0.0579 e. The molecule has 0 saturated heterocycles. The molecule has 1 N–H and O–H groups in total. The van der Waals surface area contributed by atoms with E-state index in [9.17, 15) is 0 Å². The monoisotopic (exact) mass is 317 g/mol. The summed E-state index contributed by atoms with van der Waals surface area (Å²) >= 11 is 3.50. The molecule has 1 unspecified atom stereocenters. The lowest BCUT2D eigenvalue weighted by Gasteiger charge is -2.22. The van der Waals surface area contributed by atoms with Gasteiger partial charge in [-0.15, -0.1) is 0 Å². The standard InChI is InChI=1S/C17H20BrN/c1-4-19-17(14-8-10-15(18)11-9-14)16-7-5-6-12(2)13(16)3/h5-11,17,19H,4H2,1-3H3. The molecule has 2 heteroatoms. The summed E-state index contributed by atoms with van der Waals surface area (Å²) in [6, 6.07) is 15.4. The van der Waals surface area contributed by atoms with Gasteiger partial charge in [0.2, 0.25) is 0 Å². The van der Waals surface area contributed by atoms with Crippen LogP contribution < -0.4 is 5.32 Å². The summed E-state index contributed by atoms with van der Waals surface area (Å²) in [5.41, 5.74) is 5.39. The first-order valence-corrected chi connectivity index (χ1v) is 7.47. The van der Waals surface area contributed by atoms with Gasteiger partial charge in [0, 0.05) is 4.47 Å². The molecule has 0 amide bonds. The zero-order valence-electron chi connectivity index (χ0n) is 11.7. The molecule has 0 fully saturated rings. The van der Waals surface area contributed by atoms with Gasteiger partial charge in [0.15, 0.2) is 0 Å². The Morgan fingerprint density at radius 3 is 2.37 bits per heavy atom. The van der Waals surface area contributed by atoms with Crippen LogP contribution in [0.5, 0.6) is 0 Å². The Balaban J connectivity index is 2.45. The minimum atomic E-state index is 0.262. The van der Waals surface area contributed by atoms with Crippen molar-refractivity contribution in [3.05, 3.63) is 69.2 Å². The van der Waals surface area contributed by atoms with Crippen LogP contribution in [0.4, 0.5) is 0 Å². The van der Waals surface area contributed by atoms with Crippen molar-refractivity contribution in [2.75, 3.05) is 6.54 Å². The largest absolute Gasteiger partial charge is 0.307 e. The number of aryl methyl sites for hydroxylation is 1. The number of hydrogen-bond acceptors (Lipinski definition) is 1. The summed E-state index contributed by atoms with van der Waals surface area (Å²) in [4.78, 5) is 0. The summed E-state index contributed by atoms with van der Waals surface area (Å²) < 4.78 is 1.12. The van der Waals surface area contributed by atoms with Gasteiger partial charge in [-0.25, -0.2) is 0 Å². The normalized spacial score (nSPS) is 12.4. The van der Waals surface area contributed by atoms with E-state index in [1.807, 2.05) is 0 Å². The lowest BCUT2D eigenvalue weighted by Crippen LogP contribution is -2.23. The maximum absolute atomic E-state index is 3.59. The molecule has 2 rings (SSSR count). The Kier molecular flexibility index (Phi) is 4.78. The van der Waals surface area contributed by atoms with Gasteiger partial charge in [0.1, 0.15) is 0 Å². The average Bonchev–Trinajstić information content (AvgIpc) is 2.41. The Morgan fingerprint density at radius 1 is 1.05 bits per heavy atom. The first kappa shape index (κ1) is 14.3. The van der Waals surface area contributed by atoms with Crippen LogP contribution in [0.25, 0.3) is 0 Å². The van der Waals surface area contributed by atoms with Crippen molar-refractivity contribution in [2.45, 2.75) is 26.8 Å². The maximum atomic E-state index is 3.59. The first-order valence-electron chi connectivity index (χ1n) is 6.68. The fourth-order valence-electron chi connectivity index (χ4n) is 2.35. The molecule has 19 heavy (non-hydrogen) atoms. The fraction of sp³-hybridized carbons (Fsp3) is 0.294. The number of halogens is 1. The second-order valence-electron chi connectivity index (χ2n) is 4.83. The molecule has 0 aromatic heterocycles. The van der Waals surface area contributed by atoms with Crippen molar-refractivity contribution in [1.82, 2.24) is 5.32 Å². The van der Waals surface area contributed by atoms with Crippen LogP contribution in [-0.2, 0) is 0 Å². The Hall–Kier alpha value is -1.12. The predicted molar refractivity (Wildman–Crippen MR) is 85.6 cm³/mol. The highest BCUT2D eigenvalue weighted by Gasteiger charge is 2.15. The maximum Gasteiger partial charge on any atom is 0.0579 e. The van der Waals surface area contributed by atoms with E-state index in [1.165, 1.54) is 22.3 Å². The first-order chi connectivity index (χ1) is 9.13. The third-order valence-electron chi connectivity index (χ3n) is 3.57. The third kappa shape index (κ3) is 3.26. The number of hydrogen-bond donors (Lipinski definition) is 1. The van der Waals surface area contributed by atoms with Crippen LogP contribution in [0.3, 0.4) is 0 Å². The highest BCUT2D eigenvalue weighted by atomic mass is 79.9. The summed E-state index contributed by atoms with van der Waals surface area (Å²) in [5.74, 6) is 0. The molecule has 0 saturated carbocycles. The van der Waals surface area contributed by atoms with E-state index in [-0.39, 0.29) is 6.04 Å². The Bertz CT molecular complexity index is 546. The minimum absolute atomic E-state index is 0.262. The van der Waals surface area contributed by atoms with E-state index in [4.69, 9.17) is 0 Å². The van der Waals surface area contributed by atoms with Crippen LogP contribution in [-0.4, -0.2) is 6.54 Å². The van der Waals surface area contributed by atoms with Gasteiger partial charge >= 0.3 is 0 Å². The predicted octanol–water partition coefficient (Wildman–Crippen LogP) is 4.76. The second kappa shape index (κ2) is 6.36. The molecule has 0 aliphatic carbocycles. The molecule has 1 atom stereocenters. The second-order valence-corrected chi connectivity index (χ2v) is 5.75. The van der Waals surface area contributed by atoms with Crippen molar-refractivity contribution < 1.29 is 0 Å². The van der Waals surface area contributed by atoms with Crippen molar-refractivity contribution in [2.24, 2.45) is 0 Å². The van der Waals surface area contributed by atoms with Gasteiger partial charge in [-0.2, -0.15) is 0 Å². The molecular weight excluding hydrogens is 298 g/mol. The topological polar surface area (TPSA) is 12.0 Å². The van der Waals surface area contributed by atoms with Gasteiger partial charge in [0.05, 0.1) is 6.04 Å². The number of rotatable bonds is 4. The number of benzene rings is 2. The Labute approximate surface area is 124 Å². The zero-order chi connectivity index (χ0) is 13.8. The quantitative estimate of drug-likeness (QED) is 0.856. The van der Waals surface area contributed by atoms with Crippen LogP contribution in [0, 0.1) is 13.8 Å². The molecule has 0 bridgehead atoms. The van der Waals surface area contributed by atoms with E-state index >= 15 is 0 Å². The lowest BCUT2D eigenvalue weighted by molar-refractivity contribution is 0.627. The van der Waals surface area contributed by atoms with Crippen LogP contribution in [0.15, 0.2) is 46.9 Å². The van der Waals surface area contributed by atoms with Crippen molar-refractivity contribution in [3.63, 3.8) is 0 Å². The van der Waals surface area contributed by atoms with Crippen LogP contribution in [0.1, 0.15) is 35.2 Å². The zero-order valence-corrected chi connectivity index (χ0v) is 13.3. The van der Waals surface area contributed by atoms with Gasteiger partial charge in [-0.05, 0) is 54.8 Å². The number of nitrogens with one attached hydrogen (secondary N) is 1. The SMILES string of the molecule is CCNC(c1ccc(Br)cc1)c1cccc(C)c1C. The van der Waals surface area contributed by atoms with Gasteiger partial charge < -0.3 is 5.32 Å². The lowest BCUT2D eigenvalue weighted by atomic mass is 9.92. The van der Waals surface area contributed by atoms with Gasteiger partial charge in [-0.3, -0.25) is 0 Å². The fourth-order valence-corrected chi connectivity index (χ4v) is 2.62. The van der Waals surface area contributed by atoms with Crippen molar-refractivity contribution in [3.8, 4) is 0 Å². The summed E-state index contributed by atoms with van der Waals surface area (Å²) in [7, 11) is 0. The van der Waals surface area contributed by atoms with E-state index < -0.39 is 0 Å². The molecule has 1 nitrogen and oxygen atoms in total.